The molecule has 0 amide bonds. The minimum absolute atomic E-state index is 0.549. The lowest BCUT2D eigenvalue weighted by Crippen LogP contribution is -2.23. The molecular weight excluding hydrogens is 220 g/mol. The molecule has 18 heavy (non-hydrogen) atoms. The quantitative estimate of drug-likeness (QED) is 0.828. The molecule has 2 nitrogen and oxygen atoms in total. The predicted octanol–water partition coefficient (Wildman–Crippen LogP) is 3.68. The zero-order chi connectivity index (χ0) is 13.5. The van der Waals surface area contributed by atoms with Gasteiger partial charge in [0.05, 0.1) is 5.69 Å². The lowest BCUT2D eigenvalue weighted by atomic mass is 10.0. The van der Waals surface area contributed by atoms with Crippen molar-refractivity contribution in [1.29, 1.82) is 0 Å². The number of hydrogen-bond acceptors (Lipinski definition) is 2. The van der Waals surface area contributed by atoms with Gasteiger partial charge in [-0.3, -0.25) is 4.98 Å². The van der Waals surface area contributed by atoms with Crippen molar-refractivity contribution in [2.45, 2.75) is 34.6 Å². The molecule has 1 heterocycles. The van der Waals surface area contributed by atoms with Crippen molar-refractivity contribution in [3.05, 3.63) is 35.2 Å². The first-order valence-corrected chi connectivity index (χ1v) is 6.83. The van der Waals surface area contributed by atoms with Gasteiger partial charge in [-0.2, -0.15) is 0 Å². The minimum Gasteiger partial charge on any atom is -0.313 e. The van der Waals surface area contributed by atoms with E-state index >= 15 is 0 Å². The molecule has 0 aliphatic rings. The van der Waals surface area contributed by atoms with Gasteiger partial charge in [-0.25, -0.2) is 0 Å². The summed E-state index contributed by atoms with van der Waals surface area (Å²) < 4.78 is 0. The summed E-state index contributed by atoms with van der Waals surface area (Å²) in [5.41, 5.74) is 3.67. The van der Waals surface area contributed by atoms with Crippen molar-refractivity contribution in [3.8, 4) is 0 Å². The maximum atomic E-state index is 4.44. The molecule has 2 heteroatoms. The van der Waals surface area contributed by atoms with Crippen LogP contribution in [0.5, 0.6) is 0 Å². The van der Waals surface area contributed by atoms with Gasteiger partial charge in [0, 0.05) is 12.7 Å². The van der Waals surface area contributed by atoms with Gasteiger partial charge in [0.2, 0.25) is 0 Å². The highest BCUT2D eigenvalue weighted by atomic mass is 14.9. The van der Waals surface area contributed by atoms with E-state index in [9.17, 15) is 0 Å². The lowest BCUT2D eigenvalue weighted by molar-refractivity contribution is 0.558. The summed E-state index contributed by atoms with van der Waals surface area (Å²) in [7, 11) is 0. The standard InChI is InChI=1S/C16H26N2/c1-12(2)9-17-11-15(13(3)4)8-16-7-6-14(5)10-18-16/h6-8,10,12-13,17H,9,11H2,1-5H3/b15-8-. The fourth-order valence-electron chi connectivity index (χ4n) is 1.68. The Morgan fingerprint density at radius 3 is 2.50 bits per heavy atom. The third kappa shape index (κ3) is 5.46. The topological polar surface area (TPSA) is 24.9 Å². The second-order valence-electron chi connectivity index (χ2n) is 5.66. The molecule has 1 aromatic rings. The third-order valence-corrected chi connectivity index (χ3v) is 2.89. The van der Waals surface area contributed by atoms with Gasteiger partial charge < -0.3 is 5.32 Å². The largest absolute Gasteiger partial charge is 0.313 e. The van der Waals surface area contributed by atoms with Gasteiger partial charge in [0.25, 0.3) is 0 Å². The number of aromatic nitrogens is 1. The van der Waals surface area contributed by atoms with Crippen LogP contribution in [0, 0.1) is 18.8 Å². The highest BCUT2D eigenvalue weighted by Crippen LogP contribution is 2.13. The molecule has 0 aromatic carbocycles. The summed E-state index contributed by atoms with van der Waals surface area (Å²) in [6.45, 7) is 13.0. The van der Waals surface area contributed by atoms with E-state index in [-0.39, 0.29) is 0 Å². The van der Waals surface area contributed by atoms with Crippen molar-refractivity contribution in [2.75, 3.05) is 13.1 Å². The minimum atomic E-state index is 0.549. The summed E-state index contributed by atoms with van der Waals surface area (Å²) in [6.07, 6.45) is 4.13. The van der Waals surface area contributed by atoms with Crippen LogP contribution in [0.3, 0.4) is 0 Å². The molecule has 0 saturated carbocycles. The Morgan fingerprint density at radius 2 is 2.00 bits per heavy atom. The van der Waals surface area contributed by atoms with Crippen LogP contribution in [-0.4, -0.2) is 18.1 Å². The van der Waals surface area contributed by atoms with Crippen molar-refractivity contribution in [3.63, 3.8) is 0 Å². The number of hydrogen-bond donors (Lipinski definition) is 1. The zero-order valence-corrected chi connectivity index (χ0v) is 12.3. The fourth-order valence-corrected chi connectivity index (χ4v) is 1.68. The van der Waals surface area contributed by atoms with E-state index in [0.29, 0.717) is 11.8 Å². The highest BCUT2D eigenvalue weighted by molar-refractivity contribution is 5.50. The monoisotopic (exact) mass is 246 g/mol. The van der Waals surface area contributed by atoms with E-state index in [2.05, 4.69) is 63.1 Å². The van der Waals surface area contributed by atoms with E-state index in [1.165, 1.54) is 11.1 Å². The first kappa shape index (κ1) is 14.9. The Morgan fingerprint density at radius 1 is 1.28 bits per heavy atom. The van der Waals surface area contributed by atoms with Crippen molar-refractivity contribution >= 4 is 6.08 Å². The second-order valence-corrected chi connectivity index (χ2v) is 5.66. The second kappa shape index (κ2) is 7.32. The molecule has 100 valence electrons. The van der Waals surface area contributed by atoms with Gasteiger partial charge in [-0.15, -0.1) is 0 Å². The van der Waals surface area contributed by atoms with Crippen molar-refractivity contribution < 1.29 is 0 Å². The molecular formula is C16H26N2. The first-order valence-electron chi connectivity index (χ1n) is 6.83. The molecule has 0 radical (unpaired) electrons. The molecule has 0 fully saturated rings. The van der Waals surface area contributed by atoms with E-state index < -0.39 is 0 Å². The zero-order valence-electron chi connectivity index (χ0n) is 12.3. The van der Waals surface area contributed by atoms with Crippen LogP contribution >= 0.6 is 0 Å². The Bertz CT molecular complexity index is 375. The molecule has 0 aliphatic carbocycles. The van der Waals surface area contributed by atoms with Gasteiger partial charge in [-0.1, -0.05) is 39.3 Å². The fraction of sp³-hybridized carbons (Fsp3) is 0.562. The van der Waals surface area contributed by atoms with Crippen LogP contribution < -0.4 is 5.32 Å². The normalized spacial score (nSPS) is 12.5. The Labute approximate surface area is 112 Å². The maximum absolute atomic E-state index is 4.44. The number of rotatable bonds is 6. The molecule has 0 unspecified atom stereocenters. The van der Waals surface area contributed by atoms with Gasteiger partial charge in [-0.05, 0) is 43.0 Å². The van der Waals surface area contributed by atoms with E-state index in [1.807, 2.05) is 6.20 Å². The smallest absolute Gasteiger partial charge is 0.0629 e. The van der Waals surface area contributed by atoms with Crippen molar-refractivity contribution in [2.24, 2.45) is 11.8 Å². The molecule has 1 aromatic heterocycles. The SMILES string of the molecule is Cc1ccc(/C=C(/CNCC(C)C)C(C)C)nc1. The number of pyridine rings is 1. The van der Waals surface area contributed by atoms with Crippen LogP contribution in [0.15, 0.2) is 23.9 Å². The number of nitrogens with zero attached hydrogens (tertiary/aromatic N) is 1. The molecule has 0 aliphatic heterocycles. The van der Waals surface area contributed by atoms with Crippen LogP contribution in [-0.2, 0) is 0 Å². The van der Waals surface area contributed by atoms with Crippen molar-refractivity contribution in [1.82, 2.24) is 10.3 Å². The maximum Gasteiger partial charge on any atom is 0.0629 e. The van der Waals surface area contributed by atoms with Crippen LogP contribution in [0.4, 0.5) is 0 Å². The molecule has 0 bridgehead atoms. The van der Waals surface area contributed by atoms with E-state index in [4.69, 9.17) is 0 Å². The lowest BCUT2D eigenvalue weighted by Gasteiger charge is -2.14. The molecule has 0 spiro atoms. The molecule has 1 rings (SSSR count). The summed E-state index contributed by atoms with van der Waals surface area (Å²) >= 11 is 0. The summed E-state index contributed by atoms with van der Waals surface area (Å²) in [5.74, 6) is 1.24. The average Bonchev–Trinajstić information content (AvgIpc) is 2.30. The van der Waals surface area contributed by atoms with Gasteiger partial charge >= 0.3 is 0 Å². The first-order chi connectivity index (χ1) is 8.49. The molecule has 0 saturated heterocycles. The van der Waals surface area contributed by atoms with E-state index in [1.54, 1.807) is 0 Å². The van der Waals surface area contributed by atoms with Crippen LogP contribution in [0.25, 0.3) is 6.08 Å². The average molecular weight is 246 g/mol. The summed E-state index contributed by atoms with van der Waals surface area (Å²) in [4.78, 5) is 4.44. The summed E-state index contributed by atoms with van der Waals surface area (Å²) in [5, 5.41) is 3.50. The van der Waals surface area contributed by atoms with Crippen LogP contribution in [0.2, 0.25) is 0 Å². The Balaban J connectivity index is 2.68. The number of aryl methyl sites for hydroxylation is 1. The summed E-state index contributed by atoms with van der Waals surface area (Å²) in [6, 6.07) is 4.19. The van der Waals surface area contributed by atoms with E-state index in [0.717, 1.165) is 18.8 Å². The predicted molar refractivity (Wildman–Crippen MR) is 79.5 cm³/mol. The molecule has 1 N–H and O–H groups in total. The molecule has 0 atom stereocenters. The Hall–Kier alpha value is -1.15. The third-order valence-electron chi connectivity index (χ3n) is 2.89. The van der Waals surface area contributed by atoms with Crippen LogP contribution in [0.1, 0.15) is 39.0 Å². The highest BCUT2D eigenvalue weighted by Gasteiger charge is 2.04. The van der Waals surface area contributed by atoms with Gasteiger partial charge in [0.15, 0.2) is 0 Å². The number of nitrogens with one attached hydrogen (secondary N) is 1. The Kier molecular flexibility index (Phi) is 6.06. The van der Waals surface area contributed by atoms with Gasteiger partial charge in [0.1, 0.15) is 0 Å².